The summed E-state index contributed by atoms with van der Waals surface area (Å²) in [6.07, 6.45) is 16.2. The number of rotatable bonds is 17. The van der Waals surface area contributed by atoms with Crippen LogP contribution in [0.25, 0.3) is 0 Å². The van der Waals surface area contributed by atoms with E-state index >= 15 is 0 Å². The molecule has 1 aliphatic rings. The maximum atomic E-state index is 12.8. The minimum atomic E-state index is -0.555. The molecule has 0 spiro atoms. The van der Waals surface area contributed by atoms with Crippen molar-refractivity contribution in [2.24, 2.45) is 5.73 Å². The minimum absolute atomic E-state index is 0.0143. The number of carbonyl (C=O) groups is 2. The molecule has 0 saturated heterocycles. The van der Waals surface area contributed by atoms with Gasteiger partial charge in [0, 0.05) is 25.6 Å². The molecule has 0 saturated carbocycles. The van der Waals surface area contributed by atoms with E-state index in [4.69, 9.17) is 5.73 Å². The zero-order valence-electron chi connectivity index (χ0n) is 20.9. The monoisotopic (exact) mass is 468 g/mol. The molecule has 0 fully saturated rings. The van der Waals surface area contributed by atoms with Crippen LogP contribution in [0.15, 0.2) is 54.1 Å². The van der Waals surface area contributed by atoms with Gasteiger partial charge in [0.2, 0.25) is 11.8 Å². The fraction of sp³-hybridized carbons (Fsp3) is 0.571. The molecule has 6 heteroatoms. The lowest BCUT2D eigenvalue weighted by Crippen LogP contribution is -2.49. The van der Waals surface area contributed by atoms with Crippen molar-refractivity contribution in [1.82, 2.24) is 16.0 Å². The van der Waals surface area contributed by atoms with Crippen LogP contribution in [0, 0.1) is 0 Å². The number of allylic oxidation sites excluding steroid dienone is 3. The summed E-state index contributed by atoms with van der Waals surface area (Å²) in [6, 6.07) is 9.37. The van der Waals surface area contributed by atoms with Crippen molar-refractivity contribution >= 4 is 11.8 Å². The highest BCUT2D eigenvalue weighted by molar-refractivity contribution is 5.82. The van der Waals surface area contributed by atoms with Gasteiger partial charge < -0.3 is 21.7 Å². The third-order valence-electron chi connectivity index (χ3n) is 6.06. The van der Waals surface area contributed by atoms with E-state index in [0.29, 0.717) is 19.4 Å². The lowest BCUT2D eigenvalue weighted by molar-refractivity contribution is -0.123. The molecule has 0 unspecified atom stereocenters. The number of amides is 2. The van der Waals surface area contributed by atoms with Crippen LogP contribution in [0.1, 0.15) is 70.3 Å². The average Bonchev–Trinajstić information content (AvgIpc) is 2.84. The number of nitrogens with two attached hydrogens (primary N) is 1. The number of benzene rings is 1. The van der Waals surface area contributed by atoms with Crippen molar-refractivity contribution in [2.45, 2.75) is 83.2 Å². The van der Waals surface area contributed by atoms with Crippen LogP contribution in [0.3, 0.4) is 0 Å². The summed E-state index contributed by atoms with van der Waals surface area (Å²) >= 11 is 0. The molecular formula is C28H44N4O2. The summed E-state index contributed by atoms with van der Waals surface area (Å²) in [5, 5.41) is 9.55. The zero-order chi connectivity index (χ0) is 24.4. The molecule has 0 aliphatic heterocycles. The van der Waals surface area contributed by atoms with E-state index in [9.17, 15) is 9.59 Å². The van der Waals surface area contributed by atoms with E-state index in [2.05, 4.69) is 34.2 Å². The summed E-state index contributed by atoms with van der Waals surface area (Å²) in [5.41, 5.74) is 8.57. The van der Waals surface area contributed by atoms with Crippen LogP contribution in [-0.2, 0) is 16.0 Å². The van der Waals surface area contributed by atoms with Gasteiger partial charge in [0.1, 0.15) is 0 Å². The van der Waals surface area contributed by atoms with Crippen LogP contribution in [-0.4, -0.2) is 43.5 Å². The summed E-state index contributed by atoms with van der Waals surface area (Å²) < 4.78 is 0. The predicted octanol–water partition coefficient (Wildman–Crippen LogP) is 3.77. The van der Waals surface area contributed by atoms with Crippen LogP contribution in [0.5, 0.6) is 0 Å². The van der Waals surface area contributed by atoms with E-state index in [1.165, 1.54) is 5.57 Å². The summed E-state index contributed by atoms with van der Waals surface area (Å²) in [6.45, 7) is 4.31. The first kappa shape index (κ1) is 27.8. The fourth-order valence-corrected chi connectivity index (χ4v) is 4.17. The second kappa shape index (κ2) is 17.1. The Morgan fingerprint density at radius 3 is 2.50 bits per heavy atom. The maximum Gasteiger partial charge on any atom is 0.237 e. The topological polar surface area (TPSA) is 96.2 Å². The first-order valence-corrected chi connectivity index (χ1v) is 13.0. The van der Waals surface area contributed by atoms with Crippen LogP contribution in [0.2, 0.25) is 0 Å². The maximum absolute atomic E-state index is 12.8. The minimum Gasteiger partial charge on any atom is -0.356 e. The average molecular weight is 469 g/mol. The van der Waals surface area contributed by atoms with Crippen molar-refractivity contribution in [1.29, 1.82) is 0 Å². The molecule has 2 atom stereocenters. The van der Waals surface area contributed by atoms with Crippen molar-refractivity contribution in [3.8, 4) is 0 Å². The number of hydrogen-bond donors (Lipinski definition) is 4. The highest BCUT2D eigenvalue weighted by atomic mass is 16.2. The molecule has 2 rings (SSSR count). The van der Waals surface area contributed by atoms with Gasteiger partial charge in [-0.25, -0.2) is 0 Å². The van der Waals surface area contributed by atoms with Crippen molar-refractivity contribution in [2.75, 3.05) is 19.6 Å². The highest BCUT2D eigenvalue weighted by Gasteiger charge is 2.19. The normalized spacial score (nSPS) is 14.8. The lowest BCUT2D eigenvalue weighted by Gasteiger charge is -2.23. The van der Waals surface area contributed by atoms with E-state index in [0.717, 1.165) is 70.0 Å². The molecule has 0 heterocycles. The van der Waals surface area contributed by atoms with Gasteiger partial charge in [-0.05, 0) is 57.6 Å². The van der Waals surface area contributed by atoms with Gasteiger partial charge in [-0.3, -0.25) is 9.59 Å². The third kappa shape index (κ3) is 12.1. The van der Waals surface area contributed by atoms with Crippen LogP contribution < -0.4 is 21.7 Å². The molecule has 188 valence electrons. The lowest BCUT2D eigenvalue weighted by atomic mass is 9.99. The standard InChI is InChI=1S/C28H44N4O2/c1-2-31-27(33)18-12-4-3-5-13-19-30-22-25(20-23-14-8-6-9-15-23)32-28(34)26(29)21-24-16-10-7-11-17-24/h7-8,10-11,14-17,25-26,30H,2-6,9,12-13,18-22,29H2,1H3,(H,31,33)(H,32,34)/t25-,26-/m1/s1. The third-order valence-corrected chi connectivity index (χ3v) is 6.06. The Kier molecular flexibility index (Phi) is 14.0. The zero-order valence-corrected chi connectivity index (χ0v) is 20.9. The Balaban J connectivity index is 1.70. The Bertz CT molecular complexity index is 776. The molecule has 1 aliphatic carbocycles. The molecule has 5 N–H and O–H groups in total. The molecule has 1 aromatic rings. The van der Waals surface area contributed by atoms with Crippen molar-refractivity contribution < 1.29 is 9.59 Å². The highest BCUT2D eigenvalue weighted by Crippen LogP contribution is 2.15. The quantitative estimate of drug-likeness (QED) is 0.262. The second-order valence-corrected chi connectivity index (χ2v) is 9.14. The van der Waals surface area contributed by atoms with Gasteiger partial charge in [0.15, 0.2) is 0 Å². The van der Waals surface area contributed by atoms with Crippen LogP contribution in [0.4, 0.5) is 0 Å². The molecule has 6 nitrogen and oxygen atoms in total. The molecule has 0 bridgehead atoms. The van der Waals surface area contributed by atoms with Gasteiger partial charge >= 0.3 is 0 Å². The molecule has 0 aromatic heterocycles. The van der Waals surface area contributed by atoms with Gasteiger partial charge in [-0.15, -0.1) is 0 Å². The van der Waals surface area contributed by atoms with Gasteiger partial charge in [0.05, 0.1) is 6.04 Å². The number of hydrogen-bond acceptors (Lipinski definition) is 4. The van der Waals surface area contributed by atoms with E-state index in [-0.39, 0.29) is 17.9 Å². The van der Waals surface area contributed by atoms with Gasteiger partial charge in [-0.2, -0.15) is 0 Å². The molecule has 2 amide bonds. The Hall–Kier alpha value is -2.44. The smallest absolute Gasteiger partial charge is 0.237 e. The molecule has 1 aromatic carbocycles. The largest absolute Gasteiger partial charge is 0.356 e. The van der Waals surface area contributed by atoms with E-state index < -0.39 is 6.04 Å². The van der Waals surface area contributed by atoms with Gasteiger partial charge in [0.25, 0.3) is 0 Å². The van der Waals surface area contributed by atoms with E-state index in [1.54, 1.807) is 0 Å². The second-order valence-electron chi connectivity index (χ2n) is 9.14. The molecule has 0 radical (unpaired) electrons. The van der Waals surface area contributed by atoms with Crippen molar-refractivity contribution in [3.63, 3.8) is 0 Å². The van der Waals surface area contributed by atoms with Crippen molar-refractivity contribution in [3.05, 3.63) is 59.7 Å². The number of nitrogens with one attached hydrogen (secondary N) is 3. The first-order valence-electron chi connectivity index (χ1n) is 13.0. The molecule has 34 heavy (non-hydrogen) atoms. The summed E-state index contributed by atoms with van der Waals surface area (Å²) in [4.78, 5) is 24.3. The first-order chi connectivity index (χ1) is 16.6. The summed E-state index contributed by atoms with van der Waals surface area (Å²) in [7, 11) is 0. The Morgan fingerprint density at radius 1 is 1.00 bits per heavy atom. The number of carbonyl (C=O) groups excluding carboxylic acids is 2. The van der Waals surface area contributed by atoms with Crippen LogP contribution >= 0.6 is 0 Å². The van der Waals surface area contributed by atoms with E-state index in [1.807, 2.05) is 37.3 Å². The Labute approximate surface area is 205 Å². The fourth-order valence-electron chi connectivity index (χ4n) is 4.17. The summed E-state index contributed by atoms with van der Waals surface area (Å²) in [5.74, 6) is 0.0619. The predicted molar refractivity (Wildman–Crippen MR) is 140 cm³/mol. The Morgan fingerprint density at radius 2 is 1.76 bits per heavy atom. The number of unbranched alkanes of at least 4 members (excludes halogenated alkanes) is 4. The van der Waals surface area contributed by atoms with Gasteiger partial charge in [-0.1, -0.05) is 73.4 Å². The SMILES string of the molecule is CCNC(=O)CCCCCCCNC[C@@H](CC1=CCCC=C1)NC(=O)[C@H](N)Cc1ccccc1. The molecular weight excluding hydrogens is 424 g/mol.